The van der Waals surface area contributed by atoms with Crippen LogP contribution in [-0.4, -0.2) is 34.8 Å². The molecule has 2 aromatic rings. The van der Waals surface area contributed by atoms with Crippen LogP contribution in [0.15, 0.2) is 58.3 Å². The van der Waals surface area contributed by atoms with E-state index in [0.717, 1.165) is 0 Å². The van der Waals surface area contributed by atoms with Crippen LogP contribution in [-0.2, 0) is 0 Å². The largest absolute Gasteiger partial charge is 0.130 e. The van der Waals surface area contributed by atoms with Gasteiger partial charge in [0.2, 0.25) is 0 Å². The van der Waals surface area contributed by atoms with Crippen molar-refractivity contribution in [2.24, 2.45) is 0 Å². The molecule has 0 nitrogen and oxygen atoms in total. The van der Waals surface area contributed by atoms with Crippen LogP contribution in [0.1, 0.15) is 0 Å². The van der Waals surface area contributed by atoms with E-state index in [0.29, 0.717) is 0 Å². The first-order valence-corrected chi connectivity index (χ1v) is 22.3. The van der Waals surface area contributed by atoms with Crippen molar-refractivity contribution in [3.63, 3.8) is 0 Å². The van der Waals surface area contributed by atoms with Gasteiger partial charge in [0.25, 0.3) is 0 Å². The van der Waals surface area contributed by atoms with Crippen LogP contribution in [0.5, 0.6) is 0 Å². The zero-order valence-corrected chi connectivity index (χ0v) is 21.6. The Labute approximate surface area is 165 Å². The van der Waals surface area contributed by atoms with E-state index < -0.39 is 22.3 Å². The summed E-state index contributed by atoms with van der Waals surface area (Å²) in [4.78, 5) is 2.74. The molecule has 0 unspecified atom stereocenters. The SMILES string of the molecule is CSc1ccc([Si](C)(C)[Si](C)(C)[Si](C)(C)c2ccc(SC)cc2)cc1. The summed E-state index contributed by atoms with van der Waals surface area (Å²) in [6, 6.07) is 19.0. The molecule has 2 aromatic carbocycles. The number of hydrogen-bond acceptors (Lipinski definition) is 2. The van der Waals surface area contributed by atoms with Crippen LogP contribution in [0, 0.1) is 0 Å². The molecule has 0 aromatic heterocycles. The predicted molar refractivity (Wildman–Crippen MR) is 128 cm³/mol. The highest BCUT2D eigenvalue weighted by Gasteiger charge is 2.53. The van der Waals surface area contributed by atoms with E-state index in [2.05, 4.69) is 100 Å². The van der Waals surface area contributed by atoms with Gasteiger partial charge in [-0.15, -0.1) is 23.5 Å². The third-order valence-electron chi connectivity index (χ3n) is 6.75. The molecule has 0 radical (unpaired) electrons. The maximum absolute atomic E-state index is 2.68. The monoisotopic (exact) mass is 420 g/mol. The zero-order valence-electron chi connectivity index (χ0n) is 16.9. The van der Waals surface area contributed by atoms with Crippen LogP contribution >= 0.6 is 23.5 Å². The van der Waals surface area contributed by atoms with Crippen molar-refractivity contribution in [3.8, 4) is 0 Å². The highest BCUT2D eigenvalue weighted by Crippen LogP contribution is 2.30. The second-order valence-electron chi connectivity index (χ2n) is 8.33. The summed E-state index contributed by atoms with van der Waals surface area (Å²) in [6.45, 7) is 15.8. The summed E-state index contributed by atoms with van der Waals surface area (Å²) in [7, 11) is -4.42. The van der Waals surface area contributed by atoms with Crippen LogP contribution in [0.3, 0.4) is 0 Å². The fraction of sp³-hybridized carbons (Fsp3) is 0.400. The van der Waals surface area contributed by atoms with Crippen molar-refractivity contribution >= 4 is 56.2 Å². The molecule has 0 saturated heterocycles. The second kappa shape index (κ2) is 7.80. The van der Waals surface area contributed by atoms with Crippen molar-refractivity contribution in [3.05, 3.63) is 48.5 Å². The topological polar surface area (TPSA) is 0 Å². The van der Waals surface area contributed by atoms with Crippen molar-refractivity contribution in [2.75, 3.05) is 12.5 Å². The van der Waals surface area contributed by atoms with Gasteiger partial charge in [-0.3, -0.25) is 0 Å². The van der Waals surface area contributed by atoms with Crippen molar-refractivity contribution in [1.82, 2.24) is 0 Å². The first-order valence-electron chi connectivity index (χ1n) is 8.87. The van der Waals surface area contributed by atoms with E-state index in [1.807, 2.05) is 23.5 Å². The van der Waals surface area contributed by atoms with Gasteiger partial charge >= 0.3 is 0 Å². The van der Waals surface area contributed by atoms with E-state index in [1.165, 1.54) is 9.79 Å². The van der Waals surface area contributed by atoms with Crippen molar-refractivity contribution < 1.29 is 0 Å². The predicted octanol–water partition coefficient (Wildman–Crippen LogP) is 5.53. The second-order valence-corrected chi connectivity index (χ2v) is 37.5. The molecule has 0 aliphatic heterocycles. The van der Waals surface area contributed by atoms with Crippen LogP contribution < -0.4 is 10.4 Å². The summed E-state index contributed by atoms with van der Waals surface area (Å²) in [5, 5.41) is 3.28. The summed E-state index contributed by atoms with van der Waals surface area (Å²) >= 11 is 3.67. The van der Waals surface area contributed by atoms with Crippen LogP contribution in [0.4, 0.5) is 0 Å². The average Bonchev–Trinajstić information content (AvgIpc) is 2.61. The maximum atomic E-state index is 2.68. The first kappa shape index (κ1) is 21.1. The van der Waals surface area contributed by atoms with Crippen LogP contribution in [0.25, 0.3) is 0 Å². The Morgan fingerprint density at radius 2 is 0.800 bits per heavy atom. The molecule has 0 atom stereocenters. The molecule has 0 aliphatic rings. The fourth-order valence-electron chi connectivity index (χ4n) is 3.52. The lowest BCUT2D eigenvalue weighted by atomic mass is 10.4. The molecule has 136 valence electrons. The summed E-state index contributed by atoms with van der Waals surface area (Å²) in [5.41, 5.74) is 0. The molecular weight excluding hydrogens is 389 g/mol. The first-order chi connectivity index (χ1) is 11.6. The van der Waals surface area contributed by atoms with Gasteiger partial charge in [0, 0.05) is 16.9 Å². The Kier molecular flexibility index (Phi) is 6.59. The molecule has 0 saturated carbocycles. The smallest absolute Gasteiger partial charge is 0.0717 e. The molecule has 0 amide bonds. The lowest BCUT2D eigenvalue weighted by Gasteiger charge is -2.49. The Balaban J connectivity index is 2.44. The third-order valence-corrected chi connectivity index (χ3v) is 49.8. The molecule has 25 heavy (non-hydrogen) atoms. The molecule has 0 fully saturated rings. The summed E-state index contributed by atoms with van der Waals surface area (Å²) in [5.74, 6) is 0. The average molecular weight is 421 g/mol. The van der Waals surface area contributed by atoms with Crippen molar-refractivity contribution in [1.29, 1.82) is 0 Å². The number of rotatable bonds is 6. The zero-order chi connectivity index (χ0) is 18.9. The Bertz CT molecular complexity index is 643. The number of hydrogen-bond donors (Lipinski definition) is 0. The molecular formula is C20H32S2Si3. The van der Waals surface area contributed by atoms with Gasteiger partial charge in [0.15, 0.2) is 0 Å². The fourth-order valence-corrected chi connectivity index (χ4v) is 36.0. The lowest BCUT2D eigenvalue weighted by Crippen LogP contribution is -2.78. The molecule has 0 bridgehead atoms. The maximum Gasteiger partial charge on any atom is 0.0717 e. The quantitative estimate of drug-likeness (QED) is 0.445. The van der Waals surface area contributed by atoms with E-state index in [1.54, 1.807) is 10.4 Å². The summed E-state index contributed by atoms with van der Waals surface area (Å²) < 4.78 is 0. The Morgan fingerprint density at radius 3 is 1.04 bits per heavy atom. The van der Waals surface area contributed by atoms with Gasteiger partial charge in [-0.2, -0.15) is 0 Å². The Morgan fingerprint density at radius 1 is 0.520 bits per heavy atom. The van der Waals surface area contributed by atoms with Gasteiger partial charge in [-0.25, -0.2) is 0 Å². The molecule has 0 spiro atoms. The molecule has 0 aliphatic carbocycles. The van der Waals surface area contributed by atoms with E-state index >= 15 is 0 Å². The Hall–Kier alpha value is -0.209. The molecule has 0 N–H and O–H groups in total. The highest BCUT2D eigenvalue weighted by atomic mass is 32.2. The van der Waals surface area contributed by atoms with E-state index in [-0.39, 0.29) is 0 Å². The van der Waals surface area contributed by atoms with Crippen LogP contribution in [0.2, 0.25) is 39.3 Å². The van der Waals surface area contributed by atoms with Gasteiger partial charge in [0.05, 0.1) is 15.2 Å². The number of benzene rings is 2. The minimum atomic E-state index is -1.50. The minimum Gasteiger partial charge on any atom is -0.130 e. The normalized spacial score (nSPS) is 13.1. The van der Waals surface area contributed by atoms with Gasteiger partial charge in [-0.05, 0) is 36.8 Å². The third kappa shape index (κ3) is 3.90. The van der Waals surface area contributed by atoms with E-state index in [4.69, 9.17) is 0 Å². The number of thioether (sulfide) groups is 2. The lowest BCUT2D eigenvalue weighted by molar-refractivity contribution is 1.48. The highest BCUT2D eigenvalue weighted by molar-refractivity contribution is 7.98. The van der Waals surface area contributed by atoms with Gasteiger partial charge in [-0.1, -0.05) is 73.9 Å². The summed E-state index contributed by atoms with van der Waals surface area (Å²) in [6.07, 6.45) is 4.31. The van der Waals surface area contributed by atoms with E-state index in [9.17, 15) is 0 Å². The molecule has 2 rings (SSSR count). The van der Waals surface area contributed by atoms with Gasteiger partial charge in [0.1, 0.15) is 0 Å². The van der Waals surface area contributed by atoms with Gasteiger partial charge < -0.3 is 0 Å². The minimum absolute atomic E-state index is 1.37. The van der Waals surface area contributed by atoms with Crippen molar-refractivity contribution in [2.45, 2.75) is 49.1 Å². The standard InChI is InChI=1S/C20H32S2Si3/c1-21-17-9-13-19(14-10-17)23(3,4)25(7,8)24(5,6)20-15-11-18(22-2)12-16-20/h9-16H,1-8H3. The molecule has 0 heterocycles. The molecule has 5 heteroatoms.